The van der Waals surface area contributed by atoms with Gasteiger partial charge in [0, 0.05) is 33.3 Å². The number of hydrogen-bond donors (Lipinski definition) is 4. The summed E-state index contributed by atoms with van der Waals surface area (Å²) in [5.41, 5.74) is 2.52. The smallest absolute Gasteiger partial charge is 0.112 e. The predicted molar refractivity (Wildman–Crippen MR) is 148 cm³/mol. The third-order valence-corrected chi connectivity index (χ3v) is 4.77. The molecule has 0 spiro atoms. The number of nitrogens with zero attached hydrogens (tertiary/aromatic N) is 2. The first-order valence-corrected chi connectivity index (χ1v) is 13.1. The maximum absolute atomic E-state index is 10.5. The Morgan fingerprint density at radius 3 is 1.46 bits per heavy atom. The molecule has 12 heteroatoms. The lowest BCUT2D eigenvalue weighted by molar-refractivity contribution is -0.435. The van der Waals surface area contributed by atoms with Gasteiger partial charge >= 0.3 is 0 Å². The highest BCUT2D eigenvalue weighted by Gasteiger charge is 2.20. The van der Waals surface area contributed by atoms with Crippen molar-refractivity contribution in [3.63, 3.8) is 0 Å². The van der Waals surface area contributed by atoms with Crippen molar-refractivity contribution in [2.45, 2.75) is 45.2 Å². The van der Waals surface area contributed by atoms with Crippen LogP contribution < -0.4 is 0 Å². The van der Waals surface area contributed by atoms with Crippen molar-refractivity contribution in [3.05, 3.63) is 36.5 Å². The van der Waals surface area contributed by atoms with E-state index in [4.69, 9.17) is 28.8 Å². The zero-order valence-electron chi connectivity index (χ0n) is 24.3. The molecule has 230 valence electrons. The summed E-state index contributed by atoms with van der Waals surface area (Å²) in [5, 5.41) is 42.6. The third-order valence-electron chi connectivity index (χ3n) is 4.77. The molecule has 12 nitrogen and oxygen atoms in total. The van der Waals surface area contributed by atoms with Crippen LogP contribution in [0.25, 0.3) is 0 Å². The quantitative estimate of drug-likeness (QED) is 0.0620. The van der Waals surface area contributed by atoms with Crippen molar-refractivity contribution >= 4 is 0 Å². The van der Waals surface area contributed by atoms with Crippen LogP contribution in [0.1, 0.15) is 20.8 Å². The van der Waals surface area contributed by atoms with Crippen LogP contribution in [0.5, 0.6) is 0 Å². The van der Waals surface area contributed by atoms with E-state index < -0.39 is 24.4 Å². The molecular formula is C27H52N2O10. The van der Waals surface area contributed by atoms with Crippen molar-refractivity contribution in [3.8, 4) is 0 Å². The molecule has 0 aromatic heterocycles. The number of aliphatic hydroxyl groups is 4. The van der Waals surface area contributed by atoms with Gasteiger partial charge in [-0.25, -0.2) is 4.89 Å². The van der Waals surface area contributed by atoms with Crippen molar-refractivity contribution in [2.24, 2.45) is 0 Å². The zero-order valence-corrected chi connectivity index (χ0v) is 24.3. The normalized spacial score (nSPS) is 14.9. The van der Waals surface area contributed by atoms with Gasteiger partial charge in [0.15, 0.2) is 0 Å². The molecule has 39 heavy (non-hydrogen) atoms. The topological polar surface area (TPSA) is 143 Å². The van der Waals surface area contributed by atoms with Gasteiger partial charge in [-0.15, -0.1) is 4.99 Å². The molecule has 0 aromatic carbocycles. The first-order chi connectivity index (χ1) is 18.4. The molecule has 0 aromatic rings. The highest BCUT2D eigenvalue weighted by atomic mass is 17.3. The first kappa shape index (κ1) is 37.7. The fourth-order valence-electron chi connectivity index (χ4n) is 3.19. The van der Waals surface area contributed by atoms with Gasteiger partial charge in [-0.1, -0.05) is 36.5 Å². The van der Waals surface area contributed by atoms with Gasteiger partial charge in [0.2, 0.25) is 0 Å². The average molecular weight is 565 g/mol. The third kappa shape index (κ3) is 24.3. The van der Waals surface area contributed by atoms with Crippen LogP contribution in [-0.4, -0.2) is 147 Å². The van der Waals surface area contributed by atoms with Gasteiger partial charge < -0.3 is 39.4 Å². The predicted octanol–water partition coefficient (Wildman–Crippen LogP) is 0.322. The van der Waals surface area contributed by atoms with Crippen LogP contribution in [0.3, 0.4) is 0 Å². The highest BCUT2D eigenvalue weighted by molar-refractivity contribution is 4.88. The van der Waals surface area contributed by atoms with Crippen LogP contribution in [-0.2, 0) is 28.8 Å². The van der Waals surface area contributed by atoms with Crippen LogP contribution in [0.4, 0.5) is 0 Å². The molecule has 0 radical (unpaired) electrons. The Kier molecular flexibility index (Phi) is 22.7. The SMILES string of the molecule is C=C(C)COCC(O)CN(CCN(CC(O)COCC(=C)C)OOCC(O)COC)CC(O)COCC(=C)C. The Labute approximate surface area is 233 Å². The van der Waals surface area contributed by atoms with Crippen LogP contribution in [0.15, 0.2) is 36.5 Å². The van der Waals surface area contributed by atoms with E-state index in [1.807, 2.05) is 25.7 Å². The highest BCUT2D eigenvalue weighted by Crippen LogP contribution is 2.04. The van der Waals surface area contributed by atoms with Gasteiger partial charge in [0.25, 0.3) is 0 Å². The number of ether oxygens (including phenoxy) is 4. The van der Waals surface area contributed by atoms with E-state index in [9.17, 15) is 20.4 Å². The van der Waals surface area contributed by atoms with Crippen molar-refractivity contribution in [2.75, 3.05) is 92.7 Å². The summed E-state index contributed by atoms with van der Waals surface area (Å²) in [4.78, 5) is 12.4. The minimum atomic E-state index is -0.896. The minimum Gasteiger partial charge on any atom is -0.389 e. The van der Waals surface area contributed by atoms with Crippen LogP contribution >= 0.6 is 0 Å². The standard InChI is InChI=1S/C27H52N2O10/c1-21(2)13-35-17-24(30)10-28(11-25(31)18-36-14-22(3)4)8-9-29(39-38-20-27(33)16-34-7)12-26(32)19-37-15-23(5)6/h24-27,30-33H,1,3,5,8-20H2,2,4,6-7H3. The number of aliphatic hydroxyl groups excluding tert-OH is 4. The fraction of sp³-hybridized carbons (Fsp3) is 0.778. The number of hydrogen-bond acceptors (Lipinski definition) is 12. The number of methoxy groups -OCH3 is 1. The molecule has 0 aliphatic carbocycles. The molecule has 0 heterocycles. The second-order valence-corrected chi connectivity index (χ2v) is 9.99. The van der Waals surface area contributed by atoms with E-state index in [-0.39, 0.29) is 59.2 Å². The van der Waals surface area contributed by atoms with E-state index in [0.29, 0.717) is 26.4 Å². The summed E-state index contributed by atoms with van der Waals surface area (Å²) in [6.45, 7) is 19.0. The van der Waals surface area contributed by atoms with Crippen molar-refractivity contribution in [1.29, 1.82) is 0 Å². The van der Waals surface area contributed by atoms with Gasteiger partial charge in [0.05, 0.1) is 71.1 Å². The Morgan fingerprint density at radius 1 is 0.615 bits per heavy atom. The summed E-state index contributed by atoms with van der Waals surface area (Å²) in [5.74, 6) is 0. The molecule has 0 rings (SSSR count). The van der Waals surface area contributed by atoms with E-state index in [2.05, 4.69) is 19.7 Å². The summed E-state index contributed by atoms with van der Waals surface area (Å²) in [7, 11) is 1.46. The molecule has 0 saturated carbocycles. The second-order valence-electron chi connectivity index (χ2n) is 9.99. The van der Waals surface area contributed by atoms with Crippen molar-refractivity contribution < 1.29 is 49.2 Å². The number of hydroxylamine groups is 2. The molecule has 4 N–H and O–H groups in total. The van der Waals surface area contributed by atoms with Gasteiger partial charge in [0.1, 0.15) is 12.7 Å². The first-order valence-electron chi connectivity index (χ1n) is 13.1. The zero-order chi connectivity index (χ0) is 29.6. The lowest BCUT2D eigenvalue weighted by Gasteiger charge is -2.30. The molecule has 0 aliphatic rings. The van der Waals surface area contributed by atoms with Crippen LogP contribution in [0.2, 0.25) is 0 Å². The largest absolute Gasteiger partial charge is 0.389 e. The molecular weight excluding hydrogens is 512 g/mol. The van der Waals surface area contributed by atoms with E-state index >= 15 is 0 Å². The Bertz CT molecular complexity index is 638. The summed E-state index contributed by atoms with van der Waals surface area (Å²) in [6, 6.07) is 0. The summed E-state index contributed by atoms with van der Waals surface area (Å²) < 4.78 is 21.2. The Morgan fingerprint density at radius 2 is 1.05 bits per heavy atom. The molecule has 0 saturated heterocycles. The van der Waals surface area contributed by atoms with Crippen LogP contribution in [0, 0.1) is 0 Å². The Hall–Kier alpha value is -1.26. The van der Waals surface area contributed by atoms with Gasteiger partial charge in [-0.2, -0.15) is 5.06 Å². The summed E-state index contributed by atoms with van der Waals surface area (Å²) in [6.07, 6.45) is -3.42. The van der Waals surface area contributed by atoms with Gasteiger partial charge in [-0.3, -0.25) is 4.90 Å². The maximum atomic E-state index is 10.5. The maximum Gasteiger partial charge on any atom is 0.112 e. The molecule has 4 atom stereocenters. The number of rotatable bonds is 27. The lowest BCUT2D eigenvalue weighted by atomic mass is 10.2. The second kappa shape index (κ2) is 23.4. The minimum absolute atomic E-state index is 0.0406. The monoisotopic (exact) mass is 564 g/mol. The Balaban J connectivity index is 5.16. The van der Waals surface area contributed by atoms with E-state index in [0.717, 1.165) is 16.7 Å². The molecule has 0 fully saturated rings. The molecule has 0 amide bonds. The van der Waals surface area contributed by atoms with E-state index in [1.54, 1.807) is 0 Å². The molecule has 0 aliphatic heterocycles. The van der Waals surface area contributed by atoms with Crippen molar-refractivity contribution in [1.82, 2.24) is 9.96 Å². The van der Waals surface area contributed by atoms with E-state index in [1.165, 1.54) is 12.2 Å². The lowest BCUT2D eigenvalue weighted by Crippen LogP contribution is -2.46. The summed E-state index contributed by atoms with van der Waals surface area (Å²) >= 11 is 0. The average Bonchev–Trinajstić information content (AvgIpc) is 2.81. The fourth-order valence-corrected chi connectivity index (χ4v) is 3.19. The molecule has 0 bridgehead atoms. The molecule has 4 unspecified atom stereocenters. The van der Waals surface area contributed by atoms with Gasteiger partial charge in [-0.05, 0) is 20.8 Å².